The second-order valence-corrected chi connectivity index (χ2v) is 10.8. The molecule has 1 aliphatic rings. The van der Waals surface area contributed by atoms with Crippen LogP contribution < -0.4 is 9.64 Å². The van der Waals surface area contributed by atoms with Crippen molar-refractivity contribution in [3.63, 3.8) is 0 Å². The van der Waals surface area contributed by atoms with Gasteiger partial charge in [-0.3, -0.25) is 19.8 Å². The number of hydrogen-bond donors (Lipinski definition) is 0. The maximum atomic E-state index is 13.7. The number of amides is 1. The molecule has 1 amide bonds. The van der Waals surface area contributed by atoms with E-state index in [9.17, 15) is 28.1 Å². The molecule has 0 bridgehead atoms. The van der Waals surface area contributed by atoms with Crippen LogP contribution in [-0.4, -0.2) is 16.0 Å². The van der Waals surface area contributed by atoms with Crippen LogP contribution in [-0.2, 0) is 23.8 Å². The summed E-state index contributed by atoms with van der Waals surface area (Å²) in [5.41, 5.74) is 2.42. The van der Waals surface area contributed by atoms with Crippen molar-refractivity contribution in [3.05, 3.63) is 128 Å². The van der Waals surface area contributed by atoms with Crippen molar-refractivity contribution < 1.29 is 27.6 Å². The van der Waals surface area contributed by atoms with E-state index in [-0.39, 0.29) is 17.4 Å². The summed E-state index contributed by atoms with van der Waals surface area (Å²) in [7, 11) is 0. The highest BCUT2D eigenvalue weighted by molar-refractivity contribution is 8.19. The lowest BCUT2D eigenvalue weighted by atomic mass is 10.1. The molecule has 224 valence electrons. The summed E-state index contributed by atoms with van der Waals surface area (Å²) < 4.78 is 44.7. The van der Waals surface area contributed by atoms with Crippen molar-refractivity contribution >= 4 is 46.0 Å². The molecule has 1 fully saturated rings. The molecule has 0 spiro atoms. The number of amidine groups is 1. The lowest BCUT2D eigenvalue weighted by Gasteiger charge is -2.16. The highest BCUT2D eigenvalue weighted by Crippen LogP contribution is 2.39. The Kier molecular flexibility index (Phi) is 8.86. The molecule has 0 unspecified atom stereocenters. The first kappa shape index (κ1) is 30.6. The SMILES string of the molecule is CCc1ccc(N=C2S/C(=C\c3ccc(Oc4ccc(C(F)(F)F)cc4[N+](=O)[O-])cc3)C(=O)N2c2ccc(CC)cc2)cc1. The van der Waals surface area contributed by atoms with Crippen LogP contribution in [0.1, 0.15) is 36.1 Å². The largest absolute Gasteiger partial charge is 0.450 e. The molecular formula is C33H26F3N3O4S. The lowest BCUT2D eigenvalue weighted by Crippen LogP contribution is -2.28. The number of carbonyl (C=O) groups is 1. The minimum absolute atomic E-state index is 0.177. The Morgan fingerprint density at radius 2 is 1.52 bits per heavy atom. The highest BCUT2D eigenvalue weighted by Gasteiger charge is 2.35. The van der Waals surface area contributed by atoms with Gasteiger partial charge < -0.3 is 4.74 Å². The van der Waals surface area contributed by atoms with Gasteiger partial charge in [0, 0.05) is 6.07 Å². The topological polar surface area (TPSA) is 85.0 Å². The first-order chi connectivity index (χ1) is 21.0. The van der Waals surface area contributed by atoms with Crippen LogP contribution in [0.3, 0.4) is 0 Å². The molecule has 0 aromatic heterocycles. The van der Waals surface area contributed by atoms with Crippen molar-refractivity contribution in [1.82, 2.24) is 0 Å². The Morgan fingerprint density at radius 3 is 2.09 bits per heavy atom. The lowest BCUT2D eigenvalue weighted by molar-refractivity contribution is -0.385. The van der Waals surface area contributed by atoms with Gasteiger partial charge in [0.25, 0.3) is 5.91 Å². The predicted molar refractivity (Wildman–Crippen MR) is 166 cm³/mol. The number of nitro benzene ring substituents is 1. The Morgan fingerprint density at radius 1 is 0.909 bits per heavy atom. The molecule has 0 radical (unpaired) electrons. The fourth-order valence-electron chi connectivity index (χ4n) is 4.41. The van der Waals surface area contributed by atoms with Gasteiger partial charge in [0.15, 0.2) is 5.17 Å². The van der Waals surface area contributed by atoms with E-state index < -0.39 is 22.4 Å². The van der Waals surface area contributed by atoms with Crippen LogP contribution >= 0.6 is 11.8 Å². The minimum atomic E-state index is -4.73. The fraction of sp³-hybridized carbons (Fsp3) is 0.152. The molecule has 0 N–H and O–H groups in total. The van der Waals surface area contributed by atoms with Gasteiger partial charge >= 0.3 is 11.9 Å². The summed E-state index contributed by atoms with van der Waals surface area (Å²) in [6.07, 6.45) is -1.26. The van der Waals surface area contributed by atoms with E-state index >= 15 is 0 Å². The number of rotatable bonds is 8. The third-order valence-electron chi connectivity index (χ3n) is 6.87. The molecule has 1 heterocycles. The molecule has 44 heavy (non-hydrogen) atoms. The van der Waals surface area contributed by atoms with E-state index in [0.717, 1.165) is 30.5 Å². The number of thioether (sulfide) groups is 1. The highest BCUT2D eigenvalue weighted by atomic mass is 32.2. The van der Waals surface area contributed by atoms with Crippen molar-refractivity contribution in [2.24, 2.45) is 4.99 Å². The predicted octanol–water partition coefficient (Wildman–Crippen LogP) is 9.34. The Bertz CT molecular complexity index is 1750. The van der Waals surface area contributed by atoms with E-state index in [0.29, 0.717) is 33.1 Å². The standard InChI is InChI=1S/C33H26F3N3O4S/c1-3-21-5-12-25(13-6-21)37-32-38(26-14-7-22(4-2)8-15-26)31(40)30(44-32)19-23-9-16-27(17-10-23)43-29-18-11-24(33(34,35)36)20-28(29)39(41)42/h5-20H,3-4H2,1-2H3/b30-19-,37-32?. The number of ether oxygens (including phenoxy) is 1. The molecule has 7 nitrogen and oxygen atoms in total. The maximum Gasteiger partial charge on any atom is 0.416 e. The third kappa shape index (κ3) is 6.84. The van der Waals surface area contributed by atoms with Gasteiger partial charge in [0.1, 0.15) is 5.75 Å². The van der Waals surface area contributed by atoms with E-state index in [1.807, 2.05) is 48.5 Å². The first-order valence-electron chi connectivity index (χ1n) is 13.7. The number of benzene rings is 4. The summed E-state index contributed by atoms with van der Waals surface area (Å²) in [5, 5.41) is 11.9. The smallest absolute Gasteiger partial charge is 0.416 e. The van der Waals surface area contributed by atoms with Crippen LogP contribution in [0, 0.1) is 10.1 Å². The molecule has 5 rings (SSSR count). The normalized spacial score (nSPS) is 15.3. The molecule has 0 saturated carbocycles. The Labute approximate surface area is 255 Å². The van der Waals surface area contributed by atoms with Crippen molar-refractivity contribution in [2.45, 2.75) is 32.9 Å². The van der Waals surface area contributed by atoms with Crippen LogP contribution in [0.25, 0.3) is 6.08 Å². The van der Waals surface area contributed by atoms with E-state index in [2.05, 4.69) is 13.8 Å². The minimum Gasteiger partial charge on any atom is -0.450 e. The molecule has 0 atom stereocenters. The first-order valence-corrected chi connectivity index (χ1v) is 14.5. The fourth-order valence-corrected chi connectivity index (χ4v) is 5.41. The van der Waals surface area contributed by atoms with Gasteiger partial charge in [-0.2, -0.15) is 13.2 Å². The van der Waals surface area contributed by atoms with E-state index in [1.165, 1.54) is 29.5 Å². The van der Waals surface area contributed by atoms with E-state index in [1.54, 1.807) is 23.1 Å². The number of alkyl halides is 3. The zero-order valence-corrected chi connectivity index (χ0v) is 24.5. The second-order valence-electron chi connectivity index (χ2n) is 9.79. The Balaban J connectivity index is 1.42. The number of aliphatic imine (C=N–C) groups is 1. The molecule has 4 aromatic rings. The summed E-state index contributed by atoms with van der Waals surface area (Å²) in [6, 6.07) is 24.0. The van der Waals surface area contributed by atoms with Crippen LogP contribution in [0.15, 0.2) is 101 Å². The van der Waals surface area contributed by atoms with Gasteiger partial charge in [-0.05, 0) is 95.9 Å². The van der Waals surface area contributed by atoms with Crippen LogP contribution in [0.2, 0.25) is 0 Å². The molecule has 1 aliphatic heterocycles. The number of nitro groups is 1. The molecule has 4 aromatic carbocycles. The van der Waals surface area contributed by atoms with Crippen LogP contribution in [0.4, 0.5) is 30.2 Å². The van der Waals surface area contributed by atoms with Gasteiger partial charge in [-0.1, -0.05) is 50.2 Å². The van der Waals surface area contributed by atoms with Gasteiger partial charge in [-0.15, -0.1) is 0 Å². The van der Waals surface area contributed by atoms with E-state index in [4.69, 9.17) is 9.73 Å². The number of aryl methyl sites for hydroxylation is 2. The number of carbonyl (C=O) groups excluding carboxylic acids is 1. The van der Waals surface area contributed by atoms with Crippen molar-refractivity contribution in [2.75, 3.05) is 4.90 Å². The zero-order valence-electron chi connectivity index (χ0n) is 23.7. The summed E-state index contributed by atoms with van der Waals surface area (Å²) >= 11 is 1.24. The number of anilines is 1. The van der Waals surface area contributed by atoms with Crippen molar-refractivity contribution in [1.29, 1.82) is 0 Å². The summed E-state index contributed by atoms with van der Waals surface area (Å²) in [5.74, 6) is -0.395. The van der Waals surface area contributed by atoms with Crippen molar-refractivity contribution in [3.8, 4) is 11.5 Å². The molecule has 0 aliphatic carbocycles. The quantitative estimate of drug-likeness (QED) is 0.112. The average Bonchev–Trinajstić information content (AvgIpc) is 3.31. The Hall–Kier alpha value is -4.90. The molecule has 11 heteroatoms. The molecule has 1 saturated heterocycles. The monoisotopic (exact) mass is 617 g/mol. The van der Waals surface area contributed by atoms with Gasteiger partial charge in [0.2, 0.25) is 5.75 Å². The summed E-state index contributed by atoms with van der Waals surface area (Å²) in [6.45, 7) is 4.13. The number of hydrogen-bond acceptors (Lipinski definition) is 6. The number of nitrogens with zero attached hydrogens (tertiary/aromatic N) is 3. The van der Waals surface area contributed by atoms with Crippen LogP contribution in [0.5, 0.6) is 11.5 Å². The van der Waals surface area contributed by atoms with Gasteiger partial charge in [-0.25, -0.2) is 4.99 Å². The average molecular weight is 618 g/mol. The second kappa shape index (κ2) is 12.8. The zero-order chi connectivity index (χ0) is 31.4. The summed E-state index contributed by atoms with van der Waals surface area (Å²) in [4.78, 5) is 30.9. The molecular weight excluding hydrogens is 591 g/mol. The third-order valence-corrected chi connectivity index (χ3v) is 7.84. The van der Waals surface area contributed by atoms with Gasteiger partial charge in [0.05, 0.1) is 26.8 Å². The number of halogens is 3. The maximum absolute atomic E-state index is 13.7.